The molecule has 1 fully saturated rings. The second kappa shape index (κ2) is 7.41. The summed E-state index contributed by atoms with van der Waals surface area (Å²) in [6.45, 7) is 6.29. The van der Waals surface area contributed by atoms with Crippen LogP contribution in [-0.4, -0.2) is 53.6 Å². The van der Waals surface area contributed by atoms with Gasteiger partial charge in [0, 0.05) is 43.6 Å². The number of anilines is 1. The molecule has 2 aliphatic heterocycles. The Morgan fingerprint density at radius 1 is 1.12 bits per heavy atom. The van der Waals surface area contributed by atoms with Gasteiger partial charge in [0.25, 0.3) is 0 Å². The molecule has 0 atom stereocenters. The number of morpholine rings is 1. The van der Waals surface area contributed by atoms with Gasteiger partial charge in [-0.2, -0.15) is 0 Å². The lowest BCUT2D eigenvalue weighted by atomic mass is 10.0. The van der Waals surface area contributed by atoms with Crippen molar-refractivity contribution in [2.24, 2.45) is 0 Å². The average molecular weight is 352 g/mol. The van der Waals surface area contributed by atoms with Gasteiger partial charge in [-0.15, -0.1) is 0 Å². The van der Waals surface area contributed by atoms with E-state index < -0.39 is 0 Å². The number of hydrogen-bond donors (Lipinski definition) is 0. The zero-order chi connectivity index (χ0) is 17.9. The third kappa shape index (κ3) is 3.29. The molecule has 0 saturated carbocycles. The van der Waals surface area contributed by atoms with Gasteiger partial charge in [-0.1, -0.05) is 37.3 Å². The molecule has 0 N–H and O–H groups in total. The number of ether oxygens (including phenoxy) is 1. The van der Waals surface area contributed by atoms with Gasteiger partial charge in [0.15, 0.2) is 5.82 Å². The Morgan fingerprint density at radius 2 is 1.88 bits per heavy atom. The summed E-state index contributed by atoms with van der Waals surface area (Å²) in [6.07, 6.45) is 1.31. The molecule has 2 aliphatic rings. The first-order valence-electron chi connectivity index (χ1n) is 9.32. The second-order valence-electron chi connectivity index (χ2n) is 6.68. The number of nitrogens with zero attached hydrogens (tertiary/aromatic N) is 4. The summed E-state index contributed by atoms with van der Waals surface area (Å²) in [6, 6.07) is 10.1. The zero-order valence-corrected chi connectivity index (χ0v) is 15.1. The Morgan fingerprint density at radius 3 is 2.62 bits per heavy atom. The van der Waals surface area contributed by atoms with Crippen molar-refractivity contribution in [3.8, 4) is 11.4 Å². The highest BCUT2D eigenvalue weighted by atomic mass is 16.5. The van der Waals surface area contributed by atoms with E-state index in [9.17, 15) is 4.79 Å². The van der Waals surface area contributed by atoms with Crippen LogP contribution in [0.3, 0.4) is 0 Å². The van der Waals surface area contributed by atoms with Gasteiger partial charge < -0.3 is 14.5 Å². The van der Waals surface area contributed by atoms with Crippen LogP contribution < -0.4 is 4.90 Å². The standard InChI is InChI=1S/C20H24N4O2/c1-2-18(25)24-9-8-17-16(14-24)20(23-10-12-26-13-11-23)22-19(21-17)15-6-4-3-5-7-15/h3-7H,2,8-14H2,1H3. The summed E-state index contributed by atoms with van der Waals surface area (Å²) in [5, 5.41) is 0. The van der Waals surface area contributed by atoms with Crippen molar-refractivity contribution < 1.29 is 9.53 Å². The largest absolute Gasteiger partial charge is 0.378 e. The number of amides is 1. The molecule has 6 nitrogen and oxygen atoms in total. The molecule has 0 unspecified atom stereocenters. The highest BCUT2D eigenvalue weighted by Crippen LogP contribution is 2.30. The van der Waals surface area contributed by atoms with Crippen molar-refractivity contribution in [2.75, 3.05) is 37.7 Å². The predicted octanol–water partition coefficient (Wildman–Crippen LogP) is 2.27. The van der Waals surface area contributed by atoms with Crippen molar-refractivity contribution in [3.05, 3.63) is 41.6 Å². The Kier molecular flexibility index (Phi) is 4.84. The van der Waals surface area contributed by atoms with Crippen molar-refractivity contribution in [3.63, 3.8) is 0 Å². The molecule has 0 spiro atoms. The smallest absolute Gasteiger partial charge is 0.222 e. The van der Waals surface area contributed by atoms with Crippen LogP contribution >= 0.6 is 0 Å². The maximum Gasteiger partial charge on any atom is 0.222 e. The molecular weight excluding hydrogens is 328 g/mol. The SMILES string of the molecule is CCC(=O)N1CCc2nc(-c3ccccc3)nc(N3CCOCC3)c2C1. The topological polar surface area (TPSA) is 58.6 Å². The minimum Gasteiger partial charge on any atom is -0.378 e. The maximum absolute atomic E-state index is 12.2. The number of hydrogen-bond acceptors (Lipinski definition) is 5. The number of carbonyl (C=O) groups is 1. The van der Waals surface area contributed by atoms with Crippen LogP contribution in [0.15, 0.2) is 30.3 Å². The van der Waals surface area contributed by atoms with Gasteiger partial charge in [-0.25, -0.2) is 9.97 Å². The third-order valence-electron chi connectivity index (χ3n) is 5.04. The third-order valence-corrected chi connectivity index (χ3v) is 5.04. The van der Waals surface area contributed by atoms with Gasteiger partial charge in [0.1, 0.15) is 5.82 Å². The van der Waals surface area contributed by atoms with Crippen LogP contribution in [0.4, 0.5) is 5.82 Å². The molecule has 0 aliphatic carbocycles. The second-order valence-corrected chi connectivity index (χ2v) is 6.68. The molecule has 1 aromatic carbocycles. The van der Waals surface area contributed by atoms with E-state index in [0.717, 1.165) is 54.5 Å². The van der Waals surface area contributed by atoms with E-state index in [4.69, 9.17) is 14.7 Å². The highest BCUT2D eigenvalue weighted by molar-refractivity contribution is 5.76. The maximum atomic E-state index is 12.2. The lowest BCUT2D eigenvalue weighted by Crippen LogP contribution is -2.41. The van der Waals surface area contributed by atoms with Crippen LogP contribution in [0.1, 0.15) is 24.6 Å². The molecule has 6 heteroatoms. The van der Waals surface area contributed by atoms with E-state index in [0.29, 0.717) is 26.2 Å². The first-order valence-corrected chi connectivity index (χ1v) is 9.32. The van der Waals surface area contributed by atoms with E-state index in [1.165, 1.54) is 0 Å². The van der Waals surface area contributed by atoms with E-state index in [1.54, 1.807) is 0 Å². The van der Waals surface area contributed by atoms with Gasteiger partial charge in [-0.05, 0) is 0 Å². The Labute approximate surface area is 153 Å². The fraction of sp³-hybridized carbons (Fsp3) is 0.450. The quantitative estimate of drug-likeness (QED) is 0.848. The van der Waals surface area contributed by atoms with Crippen LogP contribution in [0.25, 0.3) is 11.4 Å². The van der Waals surface area contributed by atoms with Crippen molar-refractivity contribution in [1.29, 1.82) is 0 Å². The molecule has 1 amide bonds. The summed E-state index contributed by atoms with van der Waals surface area (Å²) in [5.41, 5.74) is 3.19. The molecule has 1 aromatic heterocycles. The monoisotopic (exact) mass is 352 g/mol. The molecule has 3 heterocycles. The fourth-order valence-corrected chi connectivity index (χ4v) is 3.59. The van der Waals surface area contributed by atoms with Gasteiger partial charge in [-0.3, -0.25) is 4.79 Å². The Balaban J connectivity index is 1.77. The van der Waals surface area contributed by atoms with Crippen molar-refractivity contribution in [1.82, 2.24) is 14.9 Å². The molecule has 2 aromatic rings. The lowest BCUT2D eigenvalue weighted by Gasteiger charge is -2.34. The minimum atomic E-state index is 0.190. The van der Waals surface area contributed by atoms with E-state index in [-0.39, 0.29) is 5.91 Å². The van der Waals surface area contributed by atoms with Crippen LogP contribution in [0, 0.1) is 0 Å². The van der Waals surface area contributed by atoms with Crippen LogP contribution in [-0.2, 0) is 22.5 Å². The number of rotatable bonds is 3. The number of fused-ring (bicyclic) bond motifs is 1. The Hall–Kier alpha value is -2.47. The Bertz CT molecular complexity index is 788. The summed E-state index contributed by atoms with van der Waals surface area (Å²) >= 11 is 0. The van der Waals surface area contributed by atoms with Crippen LogP contribution in [0.5, 0.6) is 0 Å². The average Bonchev–Trinajstić information content (AvgIpc) is 2.73. The van der Waals surface area contributed by atoms with Gasteiger partial charge in [0.2, 0.25) is 5.91 Å². The van der Waals surface area contributed by atoms with Gasteiger partial charge in [0.05, 0.1) is 25.5 Å². The molecular formula is C20H24N4O2. The number of aromatic nitrogens is 2. The first kappa shape index (κ1) is 17.0. The van der Waals surface area contributed by atoms with E-state index in [2.05, 4.69) is 4.90 Å². The lowest BCUT2D eigenvalue weighted by molar-refractivity contribution is -0.131. The predicted molar refractivity (Wildman–Crippen MR) is 99.9 cm³/mol. The number of carbonyl (C=O) groups excluding carboxylic acids is 1. The highest BCUT2D eigenvalue weighted by Gasteiger charge is 2.27. The van der Waals surface area contributed by atoms with Gasteiger partial charge >= 0.3 is 0 Å². The molecule has 136 valence electrons. The van der Waals surface area contributed by atoms with Crippen molar-refractivity contribution in [2.45, 2.75) is 26.3 Å². The molecule has 0 radical (unpaired) electrons. The molecule has 1 saturated heterocycles. The normalized spacial score (nSPS) is 17.1. The molecule has 0 bridgehead atoms. The van der Waals surface area contributed by atoms with Crippen LogP contribution in [0.2, 0.25) is 0 Å². The zero-order valence-electron chi connectivity index (χ0n) is 15.1. The minimum absolute atomic E-state index is 0.190. The summed E-state index contributed by atoms with van der Waals surface area (Å²) in [5.74, 6) is 1.92. The number of benzene rings is 1. The first-order chi connectivity index (χ1) is 12.8. The van der Waals surface area contributed by atoms with Crippen molar-refractivity contribution >= 4 is 11.7 Å². The molecule has 26 heavy (non-hydrogen) atoms. The summed E-state index contributed by atoms with van der Waals surface area (Å²) in [4.78, 5) is 26.2. The summed E-state index contributed by atoms with van der Waals surface area (Å²) in [7, 11) is 0. The fourth-order valence-electron chi connectivity index (χ4n) is 3.59. The summed E-state index contributed by atoms with van der Waals surface area (Å²) < 4.78 is 5.51. The molecule has 4 rings (SSSR count). The van der Waals surface area contributed by atoms with E-state index >= 15 is 0 Å². The van der Waals surface area contributed by atoms with E-state index in [1.807, 2.05) is 42.2 Å².